The normalized spacial score (nSPS) is 9.87. The summed E-state index contributed by atoms with van der Waals surface area (Å²) < 4.78 is 0. The number of aromatic nitrogens is 3. The molecule has 2 heterocycles. The maximum Gasteiger partial charge on any atom is 0.215 e. The van der Waals surface area contributed by atoms with E-state index in [2.05, 4.69) is 15.0 Å². The highest BCUT2D eigenvalue weighted by Crippen LogP contribution is 2.12. The summed E-state index contributed by atoms with van der Waals surface area (Å²) in [5.41, 5.74) is 6.72. The van der Waals surface area contributed by atoms with Crippen LogP contribution in [0.2, 0.25) is 0 Å². The first kappa shape index (κ1) is 9.26. The number of hydrogen-bond acceptors (Lipinski definition) is 5. The zero-order valence-corrected chi connectivity index (χ0v) is 7.79. The second-order valence-electron chi connectivity index (χ2n) is 2.89. The Balaban J connectivity index is 2.42. The summed E-state index contributed by atoms with van der Waals surface area (Å²) >= 11 is 0. The molecule has 0 amide bonds. The van der Waals surface area contributed by atoms with Crippen LogP contribution in [0.4, 0.5) is 5.69 Å². The summed E-state index contributed by atoms with van der Waals surface area (Å²) in [6.45, 7) is 0. The van der Waals surface area contributed by atoms with E-state index in [0.29, 0.717) is 16.9 Å². The molecular weight excluding hydrogens is 192 g/mol. The van der Waals surface area contributed by atoms with Crippen molar-refractivity contribution in [1.82, 2.24) is 15.0 Å². The molecule has 0 saturated heterocycles. The molecule has 0 spiro atoms. The van der Waals surface area contributed by atoms with Gasteiger partial charge in [0.25, 0.3) is 0 Å². The first-order chi connectivity index (χ1) is 7.29. The van der Waals surface area contributed by atoms with Gasteiger partial charge in [-0.05, 0) is 12.1 Å². The minimum Gasteiger partial charge on any atom is -0.398 e. The molecule has 0 fully saturated rings. The van der Waals surface area contributed by atoms with E-state index in [1.54, 1.807) is 6.07 Å². The molecule has 0 aliphatic carbocycles. The van der Waals surface area contributed by atoms with Crippen LogP contribution in [0.3, 0.4) is 0 Å². The van der Waals surface area contributed by atoms with E-state index in [1.165, 1.54) is 31.0 Å². The first-order valence-corrected chi connectivity index (χ1v) is 4.29. The Kier molecular flexibility index (Phi) is 2.37. The average molecular weight is 200 g/mol. The van der Waals surface area contributed by atoms with Crippen LogP contribution >= 0.6 is 0 Å². The van der Waals surface area contributed by atoms with Crippen molar-refractivity contribution in [3.8, 4) is 0 Å². The van der Waals surface area contributed by atoms with Gasteiger partial charge in [0.15, 0.2) is 0 Å². The standard InChI is InChI=1S/C10H8N4O/c11-8-1-3-12-5-7(8)10(15)9-2-4-13-6-14-9/h1-6H,(H2,11,12). The lowest BCUT2D eigenvalue weighted by Crippen LogP contribution is -2.07. The number of nitrogen functional groups attached to an aromatic ring is 1. The molecule has 0 aliphatic rings. The second-order valence-corrected chi connectivity index (χ2v) is 2.89. The summed E-state index contributed by atoms with van der Waals surface area (Å²) in [5, 5.41) is 0. The maximum absolute atomic E-state index is 11.9. The summed E-state index contributed by atoms with van der Waals surface area (Å²) in [6.07, 6.45) is 5.79. The van der Waals surface area contributed by atoms with Gasteiger partial charge in [0.05, 0.1) is 5.56 Å². The lowest BCUT2D eigenvalue weighted by Gasteiger charge is -2.01. The Morgan fingerprint density at radius 1 is 1.20 bits per heavy atom. The number of nitrogens with two attached hydrogens (primary N) is 1. The van der Waals surface area contributed by atoms with Crippen molar-refractivity contribution in [1.29, 1.82) is 0 Å². The van der Waals surface area contributed by atoms with Gasteiger partial charge in [-0.2, -0.15) is 0 Å². The minimum absolute atomic E-state index is 0.247. The van der Waals surface area contributed by atoms with E-state index in [1.807, 2.05) is 0 Å². The zero-order valence-electron chi connectivity index (χ0n) is 7.79. The highest BCUT2D eigenvalue weighted by atomic mass is 16.1. The van der Waals surface area contributed by atoms with Crippen molar-refractivity contribution in [2.45, 2.75) is 0 Å². The number of ketones is 1. The molecule has 0 saturated carbocycles. The third-order valence-electron chi connectivity index (χ3n) is 1.91. The Morgan fingerprint density at radius 3 is 2.67 bits per heavy atom. The molecule has 5 nitrogen and oxygen atoms in total. The van der Waals surface area contributed by atoms with Crippen molar-refractivity contribution >= 4 is 11.5 Å². The molecule has 15 heavy (non-hydrogen) atoms. The summed E-state index contributed by atoms with van der Waals surface area (Å²) in [6, 6.07) is 3.11. The number of pyridine rings is 1. The third-order valence-corrected chi connectivity index (χ3v) is 1.91. The zero-order chi connectivity index (χ0) is 10.7. The van der Waals surface area contributed by atoms with Crippen LogP contribution in [0.25, 0.3) is 0 Å². The van der Waals surface area contributed by atoms with Crippen LogP contribution in [-0.2, 0) is 0 Å². The molecule has 2 aromatic rings. The van der Waals surface area contributed by atoms with Crippen molar-refractivity contribution in [2.75, 3.05) is 5.73 Å². The molecule has 0 aromatic carbocycles. The number of rotatable bonds is 2. The maximum atomic E-state index is 11.9. The quantitative estimate of drug-likeness (QED) is 0.721. The average Bonchev–Trinajstić information content (AvgIpc) is 2.30. The van der Waals surface area contributed by atoms with Gasteiger partial charge in [-0.1, -0.05) is 0 Å². The third kappa shape index (κ3) is 1.80. The minimum atomic E-state index is -0.247. The molecule has 0 unspecified atom stereocenters. The first-order valence-electron chi connectivity index (χ1n) is 4.29. The fourth-order valence-electron chi connectivity index (χ4n) is 1.16. The van der Waals surface area contributed by atoms with Crippen LogP contribution in [0.1, 0.15) is 16.1 Å². The van der Waals surface area contributed by atoms with Crippen molar-refractivity contribution in [3.05, 3.63) is 48.3 Å². The van der Waals surface area contributed by atoms with Crippen LogP contribution in [0.15, 0.2) is 37.1 Å². The fraction of sp³-hybridized carbons (Fsp3) is 0. The van der Waals surface area contributed by atoms with Crippen molar-refractivity contribution in [2.24, 2.45) is 0 Å². The van der Waals surface area contributed by atoms with Gasteiger partial charge in [-0.3, -0.25) is 9.78 Å². The SMILES string of the molecule is Nc1ccncc1C(=O)c1ccncn1. The molecule has 2 rings (SSSR count). The number of carbonyl (C=O) groups is 1. The molecule has 0 atom stereocenters. The Hall–Kier alpha value is -2.30. The van der Waals surface area contributed by atoms with E-state index in [-0.39, 0.29) is 5.78 Å². The van der Waals surface area contributed by atoms with E-state index < -0.39 is 0 Å². The molecule has 74 valence electrons. The van der Waals surface area contributed by atoms with Crippen molar-refractivity contribution in [3.63, 3.8) is 0 Å². The molecule has 2 N–H and O–H groups in total. The predicted molar refractivity (Wildman–Crippen MR) is 54.1 cm³/mol. The lowest BCUT2D eigenvalue weighted by molar-refractivity contribution is 0.103. The lowest BCUT2D eigenvalue weighted by atomic mass is 10.1. The molecule has 0 bridgehead atoms. The van der Waals surface area contributed by atoms with Crippen molar-refractivity contribution < 1.29 is 4.79 Å². The smallest absolute Gasteiger partial charge is 0.215 e. The molecule has 5 heteroatoms. The molecule has 0 radical (unpaired) electrons. The fourth-order valence-corrected chi connectivity index (χ4v) is 1.16. The van der Waals surface area contributed by atoms with Gasteiger partial charge < -0.3 is 5.73 Å². The Bertz CT molecular complexity index is 484. The van der Waals surface area contributed by atoms with Crippen LogP contribution in [-0.4, -0.2) is 20.7 Å². The Morgan fingerprint density at radius 2 is 2.00 bits per heavy atom. The highest BCUT2D eigenvalue weighted by Gasteiger charge is 2.12. The van der Waals surface area contributed by atoms with E-state index in [9.17, 15) is 4.79 Å². The topological polar surface area (TPSA) is 81.8 Å². The van der Waals surface area contributed by atoms with Gasteiger partial charge in [0.2, 0.25) is 5.78 Å². The number of hydrogen-bond donors (Lipinski definition) is 1. The summed E-state index contributed by atoms with van der Waals surface area (Å²) in [7, 11) is 0. The molecule has 0 aliphatic heterocycles. The van der Waals surface area contributed by atoms with E-state index >= 15 is 0 Å². The second kappa shape index (κ2) is 3.83. The highest BCUT2D eigenvalue weighted by molar-refractivity contribution is 6.10. The van der Waals surface area contributed by atoms with E-state index in [0.717, 1.165) is 0 Å². The van der Waals surface area contributed by atoms with E-state index in [4.69, 9.17) is 5.73 Å². The predicted octanol–water partition coefficient (Wildman–Crippen LogP) is 0.685. The van der Waals surface area contributed by atoms with Gasteiger partial charge in [-0.25, -0.2) is 9.97 Å². The van der Waals surface area contributed by atoms with Crippen LogP contribution in [0, 0.1) is 0 Å². The largest absolute Gasteiger partial charge is 0.398 e. The number of carbonyl (C=O) groups excluding carboxylic acids is 1. The van der Waals surface area contributed by atoms with Gasteiger partial charge in [-0.15, -0.1) is 0 Å². The van der Waals surface area contributed by atoms with Crippen LogP contribution in [0.5, 0.6) is 0 Å². The summed E-state index contributed by atoms with van der Waals surface area (Å²) in [5.74, 6) is -0.247. The number of nitrogens with zero attached hydrogens (tertiary/aromatic N) is 3. The van der Waals surface area contributed by atoms with Gasteiger partial charge >= 0.3 is 0 Å². The molecule has 2 aromatic heterocycles. The summed E-state index contributed by atoms with van der Waals surface area (Å²) in [4.78, 5) is 23.3. The molecular formula is C10H8N4O. The Labute approximate surface area is 86.0 Å². The number of anilines is 1. The van der Waals surface area contributed by atoms with Crippen LogP contribution < -0.4 is 5.73 Å². The monoisotopic (exact) mass is 200 g/mol. The van der Waals surface area contributed by atoms with Gasteiger partial charge in [0, 0.05) is 24.3 Å². The van der Waals surface area contributed by atoms with Gasteiger partial charge in [0.1, 0.15) is 12.0 Å².